The predicted octanol–water partition coefficient (Wildman–Crippen LogP) is 11.2. The number of anilines is 2. The highest BCUT2D eigenvalue weighted by molar-refractivity contribution is 6.13. The molecule has 0 aliphatic heterocycles. The molecule has 0 fully saturated rings. The Morgan fingerprint density at radius 3 is 1.83 bits per heavy atom. The number of allylic oxidation sites excluding steroid dienone is 2. The first-order valence-corrected chi connectivity index (χ1v) is 14.8. The summed E-state index contributed by atoms with van der Waals surface area (Å²) in [6.07, 6.45) is 8.07. The van der Waals surface area contributed by atoms with Crippen LogP contribution in [-0.2, 0) is 0 Å². The Balaban J connectivity index is 1.25. The summed E-state index contributed by atoms with van der Waals surface area (Å²) in [7, 11) is 0. The Kier molecular flexibility index (Phi) is 5.72. The van der Waals surface area contributed by atoms with Crippen LogP contribution in [0.4, 0.5) is 11.4 Å². The molecule has 1 atom stereocenters. The van der Waals surface area contributed by atoms with E-state index in [0.717, 1.165) is 6.42 Å². The van der Waals surface area contributed by atoms with Crippen molar-refractivity contribution in [2.75, 3.05) is 4.90 Å². The Hall–Kier alpha value is -5.14. The molecule has 0 aromatic heterocycles. The third-order valence-corrected chi connectivity index (χ3v) is 8.95. The first-order chi connectivity index (χ1) is 20.7. The van der Waals surface area contributed by atoms with E-state index in [1.54, 1.807) is 0 Å². The highest BCUT2D eigenvalue weighted by atomic mass is 15.2. The molecule has 0 saturated heterocycles. The van der Waals surface area contributed by atoms with E-state index in [1.807, 2.05) is 0 Å². The van der Waals surface area contributed by atoms with Crippen molar-refractivity contribution in [1.29, 1.82) is 0 Å². The van der Waals surface area contributed by atoms with Gasteiger partial charge in [0.1, 0.15) is 0 Å². The van der Waals surface area contributed by atoms with Gasteiger partial charge in [-0.1, -0.05) is 127 Å². The van der Waals surface area contributed by atoms with Gasteiger partial charge < -0.3 is 4.90 Å². The lowest BCUT2D eigenvalue weighted by atomic mass is 9.84. The molecule has 1 aliphatic carbocycles. The Labute approximate surface area is 246 Å². The van der Waals surface area contributed by atoms with E-state index in [0.29, 0.717) is 0 Å². The van der Waals surface area contributed by atoms with E-state index in [9.17, 15) is 0 Å². The van der Waals surface area contributed by atoms with Gasteiger partial charge in [0.05, 0.1) is 5.54 Å². The van der Waals surface area contributed by atoms with Gasteiger partial charge in [0.2, 0.25) is 0 Å². The lowest BCUT2D eigenvalue weighted by Gasteiger charge is -2.42. The number of hydrogen-bond donors (Lipinski definition) is 0. The third-order valence-electron chi connectivity index (χ3n) is 8.95. The van der Waals surface area contributed by atoms with Crippen molar-refractivity contribution in [3.8, 4) is 0 Å². The second-order valence-corrected chi connectivity index (χ2v) is 11.6. The lowest BCUT2D eigenvalue weighted by molar-refractivity contribution is 0.571. The van der Waals surface area contributed by atoms with Crippen LogP contribution in [0.2, 0.25) is 0 Å². The van der Waals surface area contributed by atoms with Gasteiger partial charge in [-0.3, -0.25) is 0 Å². The van der Waals surface area contributed by atoms with Crippen LogP contribution in [0.5, 0.6) is 0 Å². The molecule has 0 spiro atoms. The Bertz CT molecular complexity index is 2190. The van der Waals surface area contributed by atoms with Crippen LogP contribution in [0.1, 0.15) is 18.9 Å². The van der Waals surface area contributed by atoms with Gasteiger partial charge in [-0.25, -0.2) is 0 Å². The number of para-hydroxylation sites is 1. The minimum absolute atomic E-state index is 0.240. The second-order valence-electron chi connectivity index (χ2n) is 11.6. The molecule has 0 N–H and O–H groups in total. The normalized spacial score (nSPS) is 16.7. The van der Waals surface area contributed by atoms with E-state index in [2.05, 4.69) is 170 Å². The summed E-state index contributed by atoms with van der Waals surface area (Å²) in [5.41, 5.74) is 4.73. The molecular formula is C41H31N. The maximum atomic E-state index is 2.51. The molecule has 7 aromatic carbocycles. The summed E-state index contributed by atoms with van der Waals surface area (Å²) in [4.78, 5) is 2.51. The number of fused-ring (bicyclic) bond motifs is 6. The van der Waals surface area contributed by atoms with E-state index < -0.39 is 0 Å². The summed E-state index contributed by atoms with van der Waals surface area (Å²) in [5, 5.41) is 10.3. The second kappa shape index (κ2) is 9.75. The van der Waals surface area contributed by atoms with Crippen LogP contribution in [0.3, 0.4) is 0 Å². The van der Waals surface area contributed by atoms with E-state index in [1.165, 1.54) is 65.6 Å². The molecule has 200 valence electrons. The van der Waals surface area contributed by atoms with Crippen molar-refractivity contribution in [2.45, 2.75) is 18.9 Å². The maximum absolute atomic E-state index is 2.51. The molecule has 0 heterocycles. The van der Waals surface area contributed by atoms with Crippen molar-refractivity contribution in [2.24, 2.45) is 0 Å². The molecule has 42 heavy (non-hydrogen) atoms. The standard InChI is InChI=1S/C41H31N/c1-41(25-23-31(24-26-41)39-27-32-12-6-8-16-36(32)37-17-9-10-18-38(37)39)42(33-13-3-2-4-14-33)34-22-21-30-20-19-29-11-5-7-15-35(29)40(30)28-34/h2-25,27-28H,26H2,1H3. The summed E-state index contributed by atoms with van der Waals surface area (Å²) in [6.45, 7) is 2.36. The Morgan fingerprint density at radius 2 is 1.10 bits per heavy atom. The average molecular weight is 538 g/mol. The van der Waals surface area contributed by atoms with Crippen LogP contribution in [0.15, 0.2) is 158 Å². The van der Waals surface area contributed by atoms with Gasteiger partial charge in [0.15, 0.2) is 0 Å². The molecule has 1 heteroatoms. The third kappa shape index (κ3) is 4.01. The number of nitrogens with zero attached hydrogens (tertiary/aromatic N) is 1. The zero-order chi connectivity index (χ0) is 28.1. The van der Waals surface area contributed by atoms with Gasteiger partial charge >= 0.3 is 0 Å². The fourth-order valence-electron chi connectivity index (χ4n) is 6.83. The first-order valence-electron chi connectivity index (χ1n) is 14.8. The molecule has 8 rings (SSSR count). The topological polar surface area (TPSA) is 3.24 Å². The lowest BCUT2D eigenvalue weighted by Crippen LogP contribution is -2.42. The molecular weight excluding hydrogens is 506 g/mol. The van der Waals surface area contributed by atoms with Crippen LogP contribution in [0, 0.1) is 0 Å². The molecule has 1 aliphatic rings. The van der Waals surface area contributed by atoms with Gasteiger partial charge in [-0.05, 0) is 97.9 Å². The van der Waals surface area contributed by atoms with Crippen molar-refractivity contribution >= 4 is 60.0 Å². The van der Waals surface area contributed by atoms with Gasteiger partial charge in [-0.2, -0.15) is 0 Å². The molecule has 0 bridgehead atoms. The fraction of sp³-hybridized carbons (Fsp3) is 0.0732. The summed E-state index contributed by atoms with van der Waals surface area (Å²) in [6, 6.07) is 50.8. The molecule has 1 unspecified atom stereocenters. The smallest absolute Gasteiger partial charge is 0.0643 e. The summed E-state index contributed by atoms with van der Waals surface area (Å²) < 4.78 is 0. The molecule has 0 saturated carbocycles. The average Bonchev–Trinajstić information content (AvgIpc) is 3.05. The zero-order valence-corrected chi connectivity index (χ0v) is 23.7. The zero-order valence-electron chi connectivity index (χ0n) is 23.7. The highest BCUT2D eigenvalue weighted by Crippen LogP contribution is 2.42. The van der Waals surface area contributed by atoms with E-state index in [-0.39, 0.29) is 5.54 Å². The van der Waals surface area contributed by atoms with Gasteiger partial charge in [0.25, 0.3) is 0 Å². The molecule has 7 aromatic rings. The van der Waals surface area contributed by atoms with Crippen LogP contribution >= 0.6 is 0 Å². The molecule has 0 radical (unpaired) electrons. The van der Waals surface area contributed by atoms with Gasteiger partial charge in [-0.15, -0.1) is 0 Å². The minimum Gasteiger partial charge on any atom is -0.332 e. The van der Waals surface area contributed by atoms with E-state index >= 15 is 0 Å². The minimum atomic E-state index is -0.240. The highest BCUT2D eigenvalue weighted by Gasteiger charge is 2.32. The maximum Gasteiger partial charge on any atom is 0.0643 e. The van der Waals surface area contributed by atoms with Crippen LogP contribution in [-0.4, -0.2) is 5.54 Å². The van der Waals surface area contributed by atoms with Crippen molar-refractivity contribution in [1.82, 2.24) is 0 Å². The van der Waals surface area contributed by atoms with Crippen molar-refractivity contribution < 1.29 is 0 Å². The Morgan fingerprint density at radius 1 is 0.500 bits per heavy atom. The van der Waals surface area contributed by atoms with Gasteiger partial charge in [0, 0.05) is 11.4 Å². The van der Waals surface area contributed by atoms with Crippen LogP contribution in [0.25, 0.3) is 48.7 Å². The predicted molar refractivity (Wildman–Crippen MR) is 182 cm³/mol. The van der Waals surface area contributed by atoms with Crippen molar-refractivity contribution in [3.05, 3.63) is 163 Å². The first kappa shape index (κ1) is 24.6. The summed E-state index contributed by atoms with van der Waals surface area (Å²) >= 11 is 0. The number of hydrogen-bond acceptors (Lipinski definition) is 1. The van der Waals surface area contributed by atoms with E-state index in [4.69, 9.17) is 0 Å². The number of rotatable bonds is 4. The quantitative estimate of drug-likeness (QED) is 0.202. The van der Waals surface area contributed by atoms with Crippen molar-refractivity contribution in [3.63, 3.8) is 0 Å². The molecule has 0 amide bonds. The fourth-order valence-corrected chi connectivity index (χ4v) is 6.83. The van der Waals surface area contributed by atoms with Crippen LogP contribution < -0.4 is 4.90 Å². The monoisotopic (exact) mass is 537 g/mol. The number of benzene rings is 7. The SMILES string of the molecule is CC1(N(c2ccccc2)c2ccc3ccc4ccccc4c3c2)C=CC(c2cc3ccccc3c3ccccc23)=CC1. The molecule has 1 nitrogen and oxygen atoms in total. The summed E-state index contributed by atoms with van der Waals surface area (Å²) in [5.74, 6) is 0. The largest absolute Gasteiger partial charge is 0.332 e.